The minimum Gasteiger partial charge on any atom is -0.394 e. The normalized spacial score (nSPS) is 18.4. The van der Waals surface area contributed by atoms with Crippen LogP contribution in [0.4, 0.5) is 10.1 Å². The minimum absolute atomic E-state index is 0.116. The molecule has 164 valence electrons. The highest BCUT2D eigenvalue weighted by atomic mass is 19.1. The lowest BCUT2D eigenvalue weighted by Crippen LogP contribution is -2.52. The van der Waals surface area contributed by atoms with E-state index in [4.69, 9.17) is 4.74 Å². The van der Waals surface area contributed by atoms with Crippen LogP contribution in [0.15, 0.2) is 78.9 Å². The van der Waals surface area contributed by atoms with Gasteiger partial charge in [-0.1, -0.05) is 42.5 Å². The van der Waals surface area contributed by atoms with Gasteiger partial charge in [0.15, 0.2) is 0 Å². The SMILES string of the molecule is O=C(Nc1ccc([C@H]2OCC(=O)N(Cc3ccc(F)cc3)[C@@H]2CO)cc1)c1ccccc1. The summed E-state index contributed by atoms with van der Waals surface area (Å²) < 4.78 is 19.0. The Kier molecular flexibility index (Phi) is 6.58. The highest BCUT2D eigenvalue weighted by molar-refractivity contribution is 6.04. The molecule has 1 saturated heterocycles. The first-order valence-corrected chi connectivity index (χ1v) is 10.3. The Hall–Kier alpha value is -3.55. The number of aliphatic hydroxyl groups is 1. The summed E-state index contributed by atoms with van der Waals surface area (Å²) in [5.74, 6) is -0.800. The largest absolute Gasteiger partial charge is 0.394 e. The van der Waals surface area contributed by atoms with E-state index in [1.165, 1.54) is 12.1 Å². The van der Waals surface area contributed by atoms with Crippen molar-refractivity contribution in [2.24, 2.45) is 0 Å². The van der Waals surface area contributed by atoms with Crippen LogP contribution in [0.2, 0.25) is 0 Å². The molecule has 7 heteroatoms. The van der Waals surface area contributed by atoms with Crippen molar-refractivity contribution in [1.29, 1.82) is 0 Å². The number of hydrogen-bond acceptors (Lipinski definition) is 4. The molecule has 2 N–H and O–H groups in total. The van der Waals surface area contributed by atoms with Crippen molar-refractivity contribution in [3.8, 4) is 0 Å². The fourth-order valence-corrected chi connectivity index (χ4v) is 3.76. The summed E-state index contributed by atoms with van der Waals surface area (Å²) in [6.07, 6.45) is -0.531. The molecule has 1 aliphatic rings. The standard InChI is InChI=1S/C25H23FN2O4/c26-20-10-6-17(7-11-20)14-28-22(15-29)24(32-16-23(28)30)18-8-12-21(13-9-18)27-25(31)19-4-2-1-3-5-19/h1-13,22,24,29H,14-16H2,(H,27,31)/t22-,24-/m1/s1. The smallest absolute Gasteiger partial charge is 0.255 e. The lowest BCUT2D eigenvalue weighted by Gasteiger charge is -2.40. The van der Waals surface area contributed by atoms with E-state index in [0.717, 1.165) is 11.1 Å². The molecule has 1 heterocycles. The number of hydrogen-bond donors (Lipinski definition) is 2. The topological polar surface area (TPSA) is 78.9 Å². The van der Waals surface area contributed by atoms with Crippen LogP contribution in [-0.4, -0.2) is 41.1 Å². The van der Waals surface area contributed by atoms with Gasteiger partial charge in [-0.2, -0.15) is 0 Å². The van der Waals surface area contributed by atoms with Crippen LogP contribution in [0.5, 0.6) is 0 Å². The van der Waals surface area contributed by atoms with E-state index in [0.29, 0.717) is 11.3 Å². The summed E-state index contributed by atoms with van der Waals surface area (Å²) >= 11 is 0. The molecule has 0 spiro atoms. The Balaban J connectivity index is 1.48. The maximum absolute atomic E-state index is 13.2. The van der Waals surface area contributed by atoms with Crippen molar-refractivity contribution in [2.45, 2.75) is 18.7 Å². The van der Waals surface area contributed by atoms with Gasteiger partial charge in [-0.3, -0.25) is 9.59 Å². The number of nitrogens with one attached hydrogen (secondary N) is 1. The minimum atomic E-state index is -0.592. The van der Waals surface area contributed by atoms with Gasteiger partial charge in [0, 0.05) is 17.8 Å². The van der Waals surface area contributed by atoms with Crippen LogP contribution in [0.1, 0.15) is 27.6 Å². The molecule has 2 amide bonds. The van der Waals surface area contributed by atoms with Crippen molar-refractivity contribution < 1.29 is 23.8 Å². The molecule has 0 aromatic heterocycles. The van der Waals surface area contributed by atoms with Crippen LogP contribution in [0, 0.1) is 5.82 Å². The molecule has 1 aliphatic heterocycles. The molecule has 2 atom stereocenters. The molecule has 0 saturated carbocycles. The first kappa shape index (κ1) is 21.7. The number of aliphatic hydroxyl groups excluding tert-OH is 1. The molecule has 0 unspecified atom stereocenters. The average molecular weight is 434 g/mol. The quantitative estimate of drug-likeness (QED) is 0.622. The summed E-state index contributed by atoms with van der Waals surface area (Å²) in [6.45, 7) is -0.158. The summed E-state index contributed by atoms with van der Waals surface area (Å²) in [5, 5.41) is 12.9. The van der Waals surface area contributed by atoms with Gasteiger partial charge in [0.05, 0.1) is 12.6 Å². The third-order valence-corrected chi connectivity index (χ3v) is 5.44. The fraction of sp³-hybridized carbons (Fsp3) is 0.200. The summed E-state index contributed by atoms with van der Waals surface area (Å²) in [6, 6.07) is 21.4. The monoisotopic (exact) mass is 434 g/mol. The third kappa shape index (κ3) is 4.85. The first-order chi connectivity index (χ1) is 15.5. The molecule has 1 fully saturated rings. The molecule has 3 aromatic carbocycles. The molecular formula is C25H23FN2O4. The average Bonchev–Trinajstić information content (AvgIpc) is 2.82. The molecule has 0 radical (unpaired) electrons. The van der Waals surface area contributed by atoms with Gasteiger partial charge in [-0.15, -0.1) is 0 Å². The zero-order valence-electron chi connectivity index (χ0n) is 17.3. The second kappa shape index (κ2) is 9.72. The Labute approximate surface area is 185 Å². The summed E-state index contributed by atoms with van der Waals surface area (Å²) in [5.41, 5.74) is 2.72. The fourth-order valence-electron chi connectivity index (χ4n) is 3.76. The van der Waals surface area contributed by atoms with E-state index in [1.807, 2.05) is 6.07 Å². The van der Waals surface area contributed by atoms with Crippen molar-refractivity contribution >= 4 is 17.5 Å². The number of benzene rings is 3. The van der Waals surface area contributed by atoms with Crippen LogP contribution in [-0.2, 0) is 16.1 Å². The molecule has 6 nitrogen and oxygen atoms in total. The molecule has 0 aliphatic carbocycles. The zero-order valence-corrected chi connectivity index (χ0v) is 17.3. The number of halogens is 1. The molecule has 3 aromatic rings. The Morgan fingerprint density at radius 3 is 2.38 bits per heavy atom. The number of carbonyl (C=O) groups excluding carboxylic acids is 2. The van der Waals surface area contributed by atoms with Crippen LogP contribution < -0.4 is 5.32 Å². The van der Waals surface area contributed by atoms with Gasteiger partial charge < -0.3 is 20.1 Å². The van der Waals surface area contributed by atoms with Crippen LogP contribution >= 0.6 is 0 Å². The van der Waals surface area contributed by atoms with Crippen molar-refractivity contribution in [3.05, 3.63) is 101 Å². The number of nitrogens with zero attached hydrogens (tertiary/aromatic N) is 1. The van der Waals surface area contributed by atoms with E-state index in [-0.39, 0.29) is 37.4 Å². The highest BCUT2D eigenvalue weighted by Gasteiger charge is 2.37. The lowest BCUT2D eigenvalue weighted by atomic mass is 9.98. The number of ether oxygens (including phenoxy) is 1. The maximum Gasteiger partial charge on any atom is 0.255 e. The lowest BCUT2D eigenvalue weighted by molar-refractivity contribution is -0.162. The van der Waals surface area contributed by atoms with Crippen LogP contribution in [0.3, 0.4) is 0 Å². The van der Waals surface area contributed by atoms with Gasteiger partial charge in [0.2, 0.25) is 5.91 Å². The zero-order chi connectivity index (χ0) is 22.5. The van der Waals surface area contributed by atoms with Gasteiger partial charge in [-0.05, 0) is 47.5 Å². The van der Waals surface area contributed by atoms with Gasteiger partial charge in [-0.25, -0.2) is 4.39 Å². The first-order valence-electron chi connectivity index (χ1n) is 10.3. The van der Waals surface area contributed by atoms with E-state index in [9.17, 15) is 19.1 Å². The Bertz CT molecular complexity index is 1070. The van der Waals surface area contributed by atoms with Gasteiger partial charge in [0.25, 0.3) is 5.91 Å². The predicted octanol–water partition coefficient (Wildman–Crippen LogP) is 3.54. The van der Waals surface area contributed by atoms with Crippen molar-refractivity contribution in [3.63, 3.8) is 0 Å². The number of amides is 2. The Morgan fingerprint density at radius 1 is 1.03 bits per heavy atom. The number of anilines is 1. The molecule has 4 rings (SSSR count). The molecule has 32 heavy (non-hydrogen) atoms. The van der Waals surface area contributed by atoms with Crippen LogP contribution in [0.25, 0.3) is 0 Å². The predicted molar refractivity (Wildman–Crippen MR) is 117 cm³/mol. The second-order valence-electron chi connectivity index (χ2n) is 7.57. The van der Waals surface area contributed by atoms with Gasteiger partial charge in [0.1, 0.15) is 18.5 Å². The number of rotatable bonds is 6. The second-order valence-corrected chi connectivity index (χ2v) is 7.57. The number of morpholine rings is 1. The molecule has 0 bridgehead atoms. The van der Waals surface area contributed by atoms with E-state index >= 15 is 0 Å². The van der Waals surface area contributed by atoms with E-state index in [2.05, 4.69) is 5.32 Å². The van der Waals surface area contributed by atoms with Gasteiger partial charge >= 0.3 is 0 Å². The maximum atomic E-state index is 13.2. The number of carbonyl (C=O) groups is 2. The van der Waals surface area contributed by atoms with E-state index < -0.39 is 12.1 Å². The molecular weight excluding hydrogens is 411 g/mol. The summed E-state index contributed by atoms with van der Waals surface area (Å²) in [4.78, 5) is 26.4. The van der Waals surface area contributed by atoms with Crippen molar-refractivity contribution in [1.82, 2.24) is 4.90 Å². The third-order valence-electron chi connectivity index (χ3n) is 5.44. The highest BCUT2D eigenvalue weighted by Crippen LogP contribution is 2.31. The van der Waals surface area contributed by atoms with E-state index in [1.54, 1.807) is 65.6 Å². The van der Waals surface area contributed by atoms with Crippen molar-refractivity contribution in [2.75, 3.05) is 18.5 Å². The Morgan fingerprint density at radius 2 is 1.72 bits per heavy atom. The summed E-state index contributed by atoms with van der Waals surface area (Å²) in [7, 11) is 0.